The third-order valence-corrected chi connectivity index (χ3v) is 4.04. The highest BCUT2D eigenvalue weighted by Gasteiger charge is 2.28. The van der Waals surface area contributed by atoms with Crippen LogP contribution in [0.2, 0.25) is 0 Å². The van der Waals surface area contributed by atoms with Gasteiger partial charge in [0.05, 0.1) is 4.92 Å². The molecule has 1 aliphatic rings. The van der Waals surface area contributed by atoms with Gasteiger partial charge in [0.2, 0.25) is 5.82 Å². The molecule has 2 aromatic rings. The number of rotatable bonds is 5. The van der Waals surface area contributed by atoms with E-state index in [1.807, 2.05) is 24.1 Å². The van der Waals surface area contributed by atoms with E-state index >= 15 is 0 Å². The van der Waals surface area contributed by atoms with Crippen molar-refractivity contribution in [2.45, 2.75) is 18.9 Å². The van der Waals surface area contributed by atoms with Crippen LogP contribution in [-0.2, 0) is 0 Å². The van der Waals surface area contributed by atoms with Gasteiger partial charge in [0.1, 0.15) is 0 Å². The van der Waals surface area contributed by atoms with Gasteiger partial charge >= 0.3 is 5.69 Å². The van der Waals surface area contributed by atoms with Gasteiger partial charge in [-0.1, -0.05) is 0 Å². The summed E-state index contributed by atoms with van der Waals surface area (Å²) in [7, 11) is 1.84. The normalized spacial score (nSPS) is 17.3. The molecule has 3 rings (SSSR count). The van der Waals surface area contributed by atoms with E-state index in [1.54, 1.807) is 18.5 Å². The Morgan fingerprint density at radius 3 is 2.96 bits per heavy atom. The van der Waals surface area contributed by atoms with Gasteiger partial charge in [-0.15, -0.1) is 5.10 Å². The topological polar surface area (TPSA) is 88.3 Å². The lowest BCUT2D eigenvalue weighted by Crippen LogP contribution is -2.39. The lowest BCUT2D eigenvalue weighted by molar-refractivity contribution is -0.384. The Bertz CT molecular complexity index is 681. The van der Waals surface area contributed by atoms with Crippen LogP contribution in [-0.4, -0.2) is 46.3 Å². The predicted octanol–water partition coefficient (Wildman–Crippen LogP) is 1.88. The van der Waals surface area contributed by atoms with Gasteiger partial charge in [0.25, 0.3) is 0 Å². The van der Waals surface area contributed by atoms with E-state index in [1.165, 1.54) is 6.07 Å². The van der Waals surface area contributed by atoms with Crippen LogP contribution in [0.1, 0.15) is 12.8 Å². The molecule has 1 saturated heterocycles. The first-order valence-corrected chi connectivity index (χ1v) is 7.51. The van der Waals surface area contributed by atoms with E-state index in [2.05, 4.69) is 20.1 Å². The maximum absolute atomic E-state index is 11.2. The third kappa shape index (κ3) is 3.20. The number of aromatic nitrogens is 3. The smallest absolute Gasteiger partial charge is 0.311 e. The van der Waals surface area contributed by atoms with Gasteiger partial charge in [0.15, 0.2) is 5.82 Å². The van der Waals surface area contributed by atoms with Gasteiger partial charge in [-0.3, -0.25) is 10.1 Å². The molecule has 0 amide bonds. The SMILES string of the molecule is CN(CC1CCCN1c1cccnn1)c1ncccc1[N+](=O)[O-]. The Morgan fingerprint density at radius 2 is 2.22 bits per heavy atom. The summed E-state index contributed by atoms with van der Waals surface area (Å²) in [6.45, 7) is 1.57. The lowest BCUT2D eigenvalue weighted by atomic mass is 10.2. The fourth-order valence-electron chi connectivity index (χ4n) is 3.00. The minimum Gasteiger partial charge on any atom is -0.352 e. The van der Waals surface area contributed by atoms with E-state index in [4.69, 9.17) is 0 Å². The van der Waals surface area contributed by atoms with E-state index in [0.29, 0.717) is 12.4 Å². The van der Waals surface area contributed by atoms with E-state index < -0.39 is 4.92 Å². The Balaban J connectivity index is 1.77. The maximum atomic E-state index is 11.2. The van der Waals surface area contributed by atoms with Gasteiger partial charge in [-0.25, -0.2) is 4.98 Å². The fourth-order valence-corrected chi connectivity index (χ4v) is 3.00. The molecule has 1 aliphatic heterocycles. The number of likely N-dealkylation sites (N-methyl/N-ethyl adjacent to an activating group) is 1. The molecule has 0 spiro atoms. The van der Waals surface area contributed by atoms with Gasteiger partial charge in [-0.05, 0) is 31.0 Å². The monoisotopic (exact) mass is 314 g/mol. The standard InChI is InChI=1S/C15H18N6O2/c1-19(15-13(21(22)23)6-2-8-16-15)11-12-5-4-10-20(12)14-7-3-9-17-18-14/h2-3,6-9,12H,4-5,10-11H2,1H3. The molecular weight excluding hydrogens is 296 g/mol. The van der Waals surface area contributed by atoms with Crippen molar-refractivity contribution < 1.29 is 4.92 Å². The molecule has 0 N–H and O–H groups in total. The first-order valence-electron chi connectivity index (χ1n) is 7.51. The molecule has 8 heteroatoms. The van der Waals surface area contributed by atoms with Crippen LogP contribution in [0.4, 0.5) is 17.3 Å². The van der Waals surface area contributed by atoms with Crippen LogP contribution in [0, 0.1) is 10.1 Å². The summed E-state index contributed by atoms with van der Waals surface area (Å²) in [6, 6.07) is 7.10. The van der Waals surface area contributed by atoms with Crippen LogP contribution in [0.5, 0.6) is 0 Å². The molecule has 1 atom stereocenters. The van der Waals surface area contributed by atoms with Crippen LogP contribution in [0.15, 0.2) is 36.7 Å². The molecular formula is C15H18N6O2. The molecule has 23 heavy (non-hydrogen) atoms. The van der Waals surface area contributed by atoms with E-state index in [0.717, 1.165) is 25.2 Å². The van der Waals surface area contributed by atoms with E-state index in [-0.39, 0.29) is 11.7 Å². The summed E-state index contributed by atoms with van der Waals surface area (Å²) in [4.78, 5) is 19.0. The second-order valence-corrected chi connectivity index (χ2v) is 5.56. The van der Waals surface area contributed by atoms with Gasteiger partial charge in [0, 0.05) is 44.6 Å². The van der Waals surface area contributed by atoms with Crippen LogP contribution < -0.4 is 9.80 Å². The number of pyridine rings is 1. The molecule has 1 unspecified atom stereocenters. The molecule has 3 heterocycles. The second kappa shape index (κ2) is 6.55. The molecule has 0 saturated carbocycles. The van der Waals surface area contributed by atoms with Crippen LogP contribution >= 0.6 is 0 Å². The van der Waals surface area contributed by atoms with Crippen molar-refractivity contribution in [1.29, 1.82) is 0 Å². The van der Waals surface area contributed by atoms with Crippen molar-refractivity contribution >= 4 is 17.3 Å². The van der Waals surface area contributed by atoms with Crippen LogP contribution in [0.3, 0.4) is 0 Å². The summed E-state index contributed by atoms with van der Waals surface area (Å²) in [5, 5.41) is 19.3. The minimum absolute atomic E-state index is 0.0269. The molecule has 0 bridgehead atoms. The highest BCUT2D eigenvalue weighted by atomic mass is 16.6. The van der Waals surface area contributed by atoms with Crippen molar-refractivity contribution in [2.75, 3.05) is 29.9 Å². The van der Waals surface area contributed by atoms with Crippen molar-refractivity contribution in [3.8, 4) is 0 Å². The van der Waals surface area contributed by atoms with Crippen molar-refractivity contribution in [1.82, 2.24) is 15.2 Å². The maximum Gasteiger partial charge on any atom is 0.311 e. The number of hydrogen-bond donors (Lipinski definition) is 0. The average molecular weight is 314 g/mol. The Hall–Kier alpha value is -2.77. The molecule has 0 aromatic carbocycles. The molecule has 2 aromatic heterocycles. The largest absolute Gasteiger partial charge is 0.352 e. The number of nitrogens with zero attached hydrogens (tertiary/aromatic N) is 6. The summed E-state index contributed by atoms with van der Waals surface area (Å²) >= 11 is 0. The zero-order chi connectivity index (χ0) is 16.2. The van der Waals surface area contributed by atoms with Crippen molar-refractivity contribution in [3.63, 3.8) is 0 Å². The van der Waals surface area contributed by atoms with Crippen molar-refractivity contribution in [3.05, 3.63) is 46.8 Å². The lowest BCUT2D eigenvalue weighted by Gasteiger charge is -2.29. The summed E-state index contributed by atoms with van der Waals surface area (Å²) < 4.78 is 0. The van der Waals surface area contributed by atoms with Gasteiger partial charge in [-0.2, -0.15) is 5.10 Å². The fraction of sp³-hybridized carbons (Fsp3) is 0.400. The molecule has 1 fully saturated rings. The zero-order valence-electron chi connectivity index (χ0n) is 12.9. The molecule has 120 valence electrons. The quantitative estimate of drug-likeness (QED) is 0.615. The predicted molar refractivity (Wildman–Crippen MR) is 86.6 cm³/mol. The van der Waals surface area contributed by atoms with Crippen LogP contribution in [0.25, 0.3) is 0 Å². The average Bonchev–Trinajstić information content (AvgIpc) is 3.03. The Kier molecular flexibility index (Phi) is 4.31. The minimum atomic E-state index is -0.395. The highest BCUT2D eigenvalue weighted by Crippen LogP contribution is 2.28. The summed E-state index contributed by atoms with van der Waals surface area (Å²) in [5.41, 5.74) is 0.0269. The third-order valence-electron chi connectivity index (χ3n) is 4.04. The number of nitro groups is 1. The van der Waals surface area contributed by atoms with Gasteiger partial charge < -0.3 is 9.80 Å². The first kappa shape index (κ1) is 15.1. The first-order chi connectivity index (χ1) is 11.2. The summed E-state index contributed by atoms with van der Waals surface area (Å²) in [5.74, 6) is 1.24. The van der Waals surface area contributed by atoms with E-state index in [9.17, 15) is 10.1 Å². The molecule has 8 nitrogen and oxygen atoms in total. The van der Waals surface area contributed by atoms with Crippen molar-refractivity contribution in [2.24, 2.45) is 0 Å². The molecule has 0 aliphatic carbocycles. The zero-order valence-corrected chi connectivity index (χ0v) is 12.9. The number of anilines is 2. The Labute approximate surface area is 133 Å². The molecule has 0 radical (unpaired) electrons. The highest BCUT2D eigenvalue weighted by molar-refractivity contribution is 5.57. The number of hydrogen-bond acceptors (Lipinski definition) is 7. The second-order valence-electron chi connectivity index (χ2n) is 5.56. The summed E-state index contributed by atoms with van der Waals surface area (Å²) in [6.07, 6.45) is 5.31. The Morgan fingerprint density at radius 1 is 1.39 bits per heavy atom.